The van der Waals surface area contributed by atoms with Crippen LogP contribution in [-0.2, 0) is 13.1 Å². The van der Waals surface area contributed by atoms with Crippen molar-refractivity contribution in [2.45, 2.75) is 46.9 Å². The van der Waals surface area contributed by atoms with Crippen LogP contribution in [0.3, 0.4) is 0 Å². The largest absolute Gasteiger partial charge is 0.493 e. The van der Waals surface area contributed by atoms with Crippen LogP contribution in [-0.4, -0.2) is 19.8 Å². The van der Waals surface area contributed by atoms with Gasteiger partial charge in [0.1, 0.15) is 5.75 Å². The van der Waals surface area contributed by atoms with Crippen molar-refractivity contribution in [3.63, 3.8) is 0 Å². The van der Waals surface area contributed by atoms with E-state index >= 15 is 0 Å². The Labute approximate surface area is 157 Å². The van der Waals surface area contributed by atoms with E-state index in [2.05, 4.69) is 37.4 Å². The normalized spacial score (nSPS) is 11.0. The summed E-state index contributed by atoms with van der Waals surface area (Å²) in [6.07, 6.45) is 0.191. The lowest BCUT2D eigenvalue weighted by molar-refractivity contribution is 0.242. The summed E-state index contributed by atoms with van der Waals surface area (Å²) in [7, 11) is 1.68. The van der Waals surface area contributed by atoms with Crippen LogP contribution >= 0.6 is 0 Å². The molecule has 0 spiro atoms. The topological polar surface area (TPSA) is 39.7 Å². The number of methoxy groups -OCH3 is 1. The molecule has 0 fully saturated rings. The number of ether oxygens (including phenoxy) is 3. The minimum absolute atomic E-state index is 0.191. The third kappa shape index (κ3) is 6.26. The summed E-state index contributed by atoms with van der Waals surface area (Å²) in [5.74, 6) is 2.98. The van der Waals surface area contributed by atoms with Crippen LogP contribution in [0.25, 0.3) is 0 Å². The summed E-state index contributed by atoms with van der Waals surface area (Å²) >= 11 is 0. The monoisotopic (exact) mass is 357 g/mol. The van der Waals surface area contributed by atoms with Crippen LogP contribution in [0.4, 0.5) is 0 Å². The average molecular weight is 357 g/mol. The Bertz CT molecular complexity index is 666. The molecule has 0 aliphatic heterocycles. The third-order valence-electron chi connectivity index (χ3n) is 3.78. The van der Waals surface area contributed by atoms with Gasteiger partial charge in [0, 0.05) is 18.7 Å². The van der Waals surface area contributed by atoms with Crippen molar-refractivity contribution in [3.05, 3.63) is 53.6 Å². The van der Waals surface area contributed by atoms with Crippen molar-refractivity contribution in [2.24, 2.45) is 5.92 Å². The fraction of sp³-hybridized carbons (Fsp3) is 0.455. The molecule has 0 bridgehead atoms. The molecular weight excluding hydrogens is 326 g/mol. The van der Waals surface area contributed by atoms with Crippen molar-refractivity contribution < 1.29 is 14.2 Å². The van der Waals surface area contributed by atoms with Gasteiger partial charge in [0.05, 0.1) is 19.8 Å². The maximum absolute atomic E-state index is 5.99. The van der Waals surface area contributed by atoms with Gasteiger partial charge in [-0.3, -0.25) is 0 Å². The minimum atomic E-state index is 0.191. The van der Waals surface area contributed by atoms with Gasteiger partial charge in [-0.15, -0.1) is 0 Å². The van der Waals surface area contributed by atoms with Gasteiger partial charge < -0.3 is 19.5 Å². The first-order valence-corrected chi connectivity index (χ1v) is 9.24. The maximum atomic E-state index is 5.99. The minimum Gasteiger partial charge on any atom is -0.493 e. The lowest BCUT2D eigenvalue weighted by Gasteiger charge is -2.17. The van der Waals surface area contributed by atoms with E-state index in [0.717, 1.165) is 35.9 Å². The Balaban J connectivity index is 1.96. The van der Waals surface area contributed by atoms with Crippen LogP contribution in [0, 0.1) is 5.92 Å². The SMILES string of the molecule is COc1cccc(CNCc2ccc(OC(C)C)cc2)c1OCC(C)C. The summed E-state index contributed by atoms with van der Waals surface area (Å²) in [5, 5.41) is 3.48. The molecular formula is C22H31NO3. The smallest absolute Gasteiger partial charge is 0.165 e. The van der Waals surface area contributed by atoms with Crippen LogP contribution in [0.5, 0.6) is 17.2 Å². The number of hydrogen-bond donors (Lipinski definition) is 1. The Morgan fingerprint density at radius 3 is 2.27 bits per heavy atom. The summed E-state index contributed by atoms with van der Waals surface area (Å²) in [6.45, 7) is 10.5. The van der Waals surface area contributed by atoms with Crippen LogP contribution < -0.4 is 19.5 Å². The van der Waals surface area contributed by atoms with Gasteiger partial charge in [-0.05, 0) is 43.5 Å². The Morgan fingerprint density at radius 2 is 1.65 bits per heavy atom. The fourth-order valence-corrected chi connectivity index (χ4v) is 2.57. The maximum Gasteiger partial charge on any atom is 0.165 e. The van der Waals surface area contributed by atoms with Gasteiger partial charge >= 0.3 is 0 Å². The van der Waals surface area contributed by atoms with Crippen molar-refractivity contribution in [1.29, 1.82) is 0 Å². The summed E-state index contributed by atoms with van der Waals surface area (Å²) in [5.41, 5.74) is 2.32. The first-order valence-electron chi connectivity index (χ1n) is 9.24. The molecule has 0 aliphatic carbocycles. The van der Waals surface area contributed by atoms with E-state index in [1.807, 2.05) is 38.1 Å². The predicted octanol–water partition coefficient (Wildman–Crippen LogP) is 4.81. The highest BCUT2D eigenvalue weighted by molar-refractivity contribution is 5.46. The molecule has 0 radical (unpaired) electrons. The number of rotatable bonds is 10. The molecule has 0 aromatic heterocycles. The number of para-hydroxylation sites is 1. The molecule has 0 atom stereocenters. The summed E-state index contributed by atoms with van der Waals surface area (Å²) in [4.78, 5) is 0. The molecule has 2 rings (SSSR count). The van der Waals surface area contributed by atoms with Gasteiger partial charge in [0.15, 0.2) is 11.5 Å². The second kappa shape index (κ2) is 10.1. The zero-order valence-electron chi connectivity index (χ0n) is 16.5. The fourth-order valence-electron chi connectivity index (χ4n) is 2.57. The van der Waals surface area contributed by atoms with E-state index in [-0.39, 0.29) is 6.10 Å². The molecule has 2 aromatic carbocycles. The van der Waals surface area contributed by atoms with Crippen molar-refractivity contribution in [2.75, 3.05) is 13.7 Å². The predicted molar refractivity (Wildman–Crippen MR) is 106 cm³/mol. The standard InChI is InChI=1S/C22H31NO3/c1-16(2)15-25-22-19(7-6-8-21(22)24-5)14-23-13-18-9-11-20(12-10-18)26-17(3)4/h6-12,16-17,23H,13-15H2,1-5H3. The second-order valence-corrected chi connectivity index (χ2v) is 7.07. The third-order valence-corrected chi connectivity index (χ3v) is 3.78. The van der Waals surface area contributed by atoms with Crippen molar-refractivity contribution in [3.8, 4) is 17.2 Å². The zero-order valence-corrected chi connectivity index (χ0v) is 16.5. The highest BCUT2D eigenvalue weighted by Crippen LogP contribution is 2.31. The van der Waals surface area contributed by atoms with E-state index in [4.69, 9.17) is 14.2 Å². The van der Waals surface area contributed by atoms with Crippen LogP contribution in [0.2, 0.25) is 0 Å². The van der Waals surface area contributed by atoms with E-state index in [1.165, 1.54) is 5.56 Å². The first-order chi connectivity index (χ1) is 12.5. The van der Waals surface area contributed by atoms with Crippen molar-refractivity contribution in [1.82, 2.24) is 5.32 Å². The molecule has 0 saturated carbocycles. The van der Waals surface area contributed by atoms with Crippen LogP contribution in [0.15, 0.2) is 42.5 Å². The highest BCUT2D eigenvalue weighted by atomic mass is 16.5. The summed E-state index contributed by atoms with van der Waals surface area (Å²) in [6, 6.07) is 14.2. The molecule has 0 aliphatic rings. The Hall–Kier alpha value is -2.20. The van der Waals surface area contributed by atoms with Gasteiger partial charge in [-0.25, -0.2) is 0 Å². The zero-order chi connectivity index (χ0) is 18.9. The van der Waals surface area contributed by atoms with E-state index in [9.17, 15) is 0 Å². The quantitative estimate of drug-likeness (QED) is 0.662. The van der Waals surface area contributed by atoms with Crippen molar-refractivity contribution >= 4 is 0 Å². The molecule has 0 amide bonds. The Kier molecular flexibility index (Phi) is 7.79. The van der Waals surface area contributed by atoms with Gasteiger partial charge in [0.2, 0.25) is 0 Å². The summed E-state index contributed by atoms with van der Waals surface area (Å²) < 4.78 is 17.1. The van der Waals surface area contributed by atoms with Crippen LogP contribution in [0.1, 0.15) is 38.8 Å². The molecule has 2 aromatic rings. The number of hydrogen-bond acceptors (Lipinski definition) is 4. The number of nitrogens with one attached hydrogen (secondary N) is 1. The molecule has 4 heteroatoms. The lowest BCUT2D eigenvalue weighted by atomic mass is 10.1. The Morgan fingerprint density at radius 1 is 0.923 bits per heavy atom. The number of benzene rings is 2. The molecule has 1 N–H and O–H groups in total. The molecule has 0 heterocycles. The van der Waals surface area contributed by atoms with Gasteiger partial charge in [0.25, 0.3) is 0 Å². The van der Waals surface area contributed by atoms with E-state index in [0.29, 0.717) is 12.5 Å². The molecule has 4 nitrogen and oxygen atoms in total. The highest BCUT2D eigenvalue weighted by Gasteiger charge is 2.11. The van der Waals surface area contributed by atoms with Gasteiger partial charge in [-0.1, -0.05) is 38.1 Å². The second-order valence-electron chi connectivity index (χ2n) is 7.07. The van der Waals surface area contributed by atoms with E-state index in [1.54, 1.807) is 7.11 Å². The molecule has 0 saturated heterocycles. The molecule has 26 heavy (non-hydrogen) atoms. The lowest BCUT2D eigenvalue weighted by Crippen LogP contribution is -2.15. The first kappa shape index (κ1) is 20.1. The molecule has 0 unspecified atom stereocenters. The average Bonchev–Trinajstić information content (AvgIpc) is 2.61. The van der Waals surface area contributed by atoms with E-state index < -0.39 is 0 Å². The molecule has 142 valence electrons. The van der Waals surface area contributed by atoms with Gasteiger partial charge in [-0.2, -0.15) is 0 Å².